The fraction of sp³-hybridized carbons (Fsp3) is 0.333. The van der Waals surface area contributed by atoms with Gasteiger partial charge >= 0.3 is 0 Å². The van der Waals surface area contributed by atoms with E-state index < -0.39 is 0 Å². The second kappa shape index (κ2) is 7.05. The lowest BCUT2D eigenvalue weighted by Crippen LogP contribution is -2.34. The molecule has 0 saturated carbocycles. The zero-order chi connectivity index (χ0) is 17.1. The number of Topliss-reactive ketones (excluding diaryl/α,β-unsaturated/α-hetero) is 1. The normalized spacial score (nSPS) is 16.0. The number of benzene rings is 1. The Morgan fingerprint density at radius 3 is 2.92 bits per heavy atom. The van der Waals surface area contributed by atoms with Gasteiger partial charge in [-0.05, 0) is 31.0 Å². The molecule has 5 nitrogen and oxygen atoms in total. The molecule has 1 amide bonds. The highest BCUT2D eigenvalue weighted by molar-refractivity contribution is 7.12. The minimum Gasteiger partial charge on any atom is -0.497 e. The van der Waals surface area contributed by atoms with Gasteiger partial charge in [0.15, 0.2) is 5.78 Å². The average Bonchev–Trinajstić information content (AvgIpc) is 3.09. The van der Waals surface area contributed by atoms with Crippen molar-refractivity contribution in [3.05, 3.63) is 45.6 Å². The summed E-state index contributed by atoms with van der Waals surface area (Å²) in [5.41, 5.74) is 1.66. The minimum absolute atomic E-state index is 0.0215. The van der Waals surface area contributed by atoms with Gasteiger partial charge in [0.25, 0.3) is 5.91 Å². The van der Waals surface area contributed by atoms with E-state index in [4.69, 9.17) is 9.47 Å². The van der Waals surface area contributed by atoms with Gasteiger partial charge in [-0.2, -0.15) is 0 Å². The third-order valence-corrected chi connectivity index (χ3v) is 5.05. The molecule has 1 N–H and O–H groups in total. The van der Waals surface area contributed by atoms with Gasteiger partial charge in [-0.1, -0.05) is 6.07 Å². The number of ether oxygens (including phenoxy) is 2. The molecule has 0 fully saturated rings. The molecule has 1 aliphatic rings. The number of hydrogen-bond acceptors (Lipinski definition) is 5. The average molecular weight is 345 g/mol. The first-order chi connectivity index (χ1) is 11.6. The van der Waals surface area contributed by atoms with Crippen molar-refractivity contribution in [3.63, 3.8) is 0 Å². The van der Waals surface area contributed by atoms with Crippen molar-refractivity contribution in [3.8, 4) is 11.5 Å². The van der Waals surface area contributed by atoms with E-state index in [1.54, 1.807) is 18.6 Å². The Kier molecular flexibility index (Phi) is 4.85. The molecule has 0 unspecified atom stereocenters. The summed E-state index contributed by atoms with van der Waals surface area (Å²) in [6.07, 6.45) is 0.849. The maximum absolute atomic E-state index is 12.2. The number of hydrogen-bond donors (Lipinski definition) is 1. The zero-order valence-corrected chi connectivity index (χ0v) is 14.4. The number of carbonyl (C=O) groups excluding carboxylic acids is 2. The van der Waals surface area contributed by atoms with Crippen LogP contribution in [0.25, 0.3) is 0 Å². The van der Waals surface area contributed by atoms with Crippen LogP contribution in [-0.2, 0) is 6.42 Å². The molecule has 1 aromatic carbocycles. The van der Waals surface area contributed by atoms with Crippen LogP contribution >= 0.6 is 11.3 Å². The molecular weight excluding hydrogens is 326 g/mol. The molecule has 2 aromatic rings. The number of carbonyl (C=O) groups is 2. The van der Waals surface area contributed by atoms with E-state index >= 15 is 0 Å². The SMILES string of the molecule is COc1ccc2c(c1)OC[C@H](CNC(=O)c1csc(C(C)=O)c1)C2. The molecule has 6 heteroatoms. The van der Waals surface area contributed by atoms with Gasteiger partial charge in [-0.25, -0.2) is 0 Å². The number of thiophene rings is 1. The molecule has 0 aliphatic carbocycles. The molecule has 2 heterocycles. The summed E-state index contributed by atoms with van der Waals surface area (Å²) >= 11 is 1.29. The second-order valence-corrected chi connectivity index (χ2v) is 6.73. The summed E-state index contributed by atoms with van der Waals surface area (Å²) in [6.45, 7) is 2.59. The molecule has 126 valence electrons. The molecule has 3 rings (SSSR count). The molecule has 0 bridgehead atoms. The first-order valence-corrected chi connectivity index (χ1v) is 8.62. The summed E-state index contributed by atoms with van der Waals surface area (Å²) in [6, 6.07) is 7.44. The quantitative estimate of drug-likeness (QED) is 0.846. The van der Waals surface area contributed by atoms with E-state index in [2.05, 4.69) is 5.32 Å². The van der Waals surface area contributed by atoms with E-state index in [9.17, 15) is 9.59 Å². The molecule has 0 saturated heterocycles. The van der Waals surface area contributed by atoms with Gasteiger partial charge in [-0.3, -0.25) is 9.59 Å². The molecule has 1 aromatic heterocycles. The van der Waals surface area contributed by atoms with Crippen LogP contribution < -0.4 is 14.8 Å². The number of amides is 1. The Hall–Kier alpha value is -2.34. The van der Waals surface area contributed by atoms with E-state index in [1.165, 1.54) is 18.3 Å². The van der Waals surface area contributed by atoms with E-state index in [-0.39, 0.29) is 17.6 Å². The maximum atomic E-state index is 12.2. The third kappa shape index (κ3) is 3.59. The van der Waals surface area contributed by atoms with Gasteiger partial charge in [-0.15, -0.1) is 11.3 Å². The van der Waals surface area contributed by atoms with Crippen molar-refractivity contribution in [2.24, 2.45) is 5.92 Å². The van der Waals surface area contributed by atoms with Crippen molar-refractivity contribution < 1.29 is 19.1 Å². The summed E-state index contributed by atoms with van der Waals surface area (Å²) in [5, 5.41) is 4.64. The molecule has 0 radical (unpaired) electrons. The third-order valence-electron chi connectivity index (χ3n) is 4.02. The molecule has 1 aliphatic heterocycles. The largest absolute Gasteiger partial charge is 0.497 e. The number of rotatable bonds is 5. The Labute approximate surface area is 144 Å². The smallest absolute Gasteiger partial charge is 0.252 e. The van der Waals surface area contributed by atoms with Crippen LogP contribution in [0, 0.1) is 5.92 Å². The number of methoxy groups -OCH3 is 1. The van der Waals surface area contributed by atoms with Crippen molar-refractivity contribution in [2.75, 3.05) is 20.3 Å². The van der Waals surface area contributed by atoms with Crippen LogP contribution in [0.4, 0.5) is 0 Å². The number of nitrogens with one attached hydrogen (secondary N) is 1. The topological polar surface area (TPSA) is 64.6 Å². The monoisotopic (exact) mass is 345 g/mol. The maximum Gasteiger partial charge on any atom is 0.252 e. The van der Waals surface area contributed by atoms with Crippen molar-refractivity contribution in [1.29, 1.82) is 0 Å². The van der Waals surface area contributed by atoms with E-state index in [1.807, 2.05) is 18.2 Å². The van der Waals surface area contributed by atoms with Gasteiger partial charge in [0, 0.05) is 23.9 Å². The lowest BCUT2D eigenvalue weighted by Gasteiger charge is -2.25. The predicted octanol–water partition coefficient (Wildman–Crippen LogP) is 2.94. The highest BCUT2D eigenvalue weighted by Gasteiger charge is 2.21. The van der Waals surface area contributed by atoms with Crippen molar-refractivity contribution in [1.82, 2.24) is 5.32 Å². The van der Waals surface area contributed by atoms with E-state index in [0.717, 1.165) is 23.5 Å². The molecule has 1 atom stereocenters. The van der Waals surface area contributed by atoms with Crippen molar-refractivity contribution in [2.45, 2.75) is 13.3 Å². The summed E-state index contributed by atoms with van der Waals surface area (Å²) in [7, 11) is 1.63. The number of ketones is 1. The number of fused-ring (bicyclic) bond motifs is 1. The Morgan fingerprint density at radius 1 is 1.38 bits per heavy atom. The fourth-order valence-corrected chi connectivity index (χ4v) is 3.44. The lowest BCUT2D eigenvalue weighted by atomic mass is 9.96. The van der Waals surface area contributed by atoms with Crippen LogP contribution in [0.2, 0.25) is 0 Å². The first kappa shape index (κ1) is 16.5. The summed E-state index contributed by atoms with van der Waals surface area (Å²) in [4.78, 5) is 24.1. The Bertz CT molecular complexity index is 768. The Balaban J connectivity index is 1.57. The van der Waals surface area contributed by atoms with Gasteiger partial charge in [0.05, 0.1) is 24.2 Å². The Morgan fingerprint density at radius 2 is 2.21 bits per heavy atom. The summed E-state index contributed by atoms with van der Waals surface area (Å²) < 4.78 is 11.0. The van der Waals surface area contributed by atoms with Crippen LogP contribution in [-0.4, -0.2) is 32.0 Å². The molecule has 0 spiro atoms. The highest BCUT2D eigenvalue weighted by Crippen LogP contribution is 2.30. The summed E-state index contributed by atoms with van der Waals surface area (Å²) in [5.74, 6) is 1.67. The fourth-order valence-electron chi connectivity index (χ4n) is 2.65. The van der Waals surface area contributed by atoms with Gasteiger partial charge < -0.3 is 14.8 Å². The van der Waals surface area contributed by atoms with Crippen LogP contribution in [0.3, 0.4) is 0 Å². The first-order valence-electron chi connectivity index (χ1n) is 7.74. The lowest BCUT2D eigenvalue weighted by molar-refractivity contribution is 0.0939. The minimum atomic E-state index is -0.153. The second-order valence-electron chi connectivity index (χ2n) is 5.82. The molecular formula is C18H19NO4S. The zero-order valence-electron chi connectivity index (χ0n) is 13.6. The van der Waals surface area contributed by atoms with Crippen molar-refractivity contribution >= 4 is 23.0 Å². The standard InChI is InChI=1S/C18H19NO4S/c1-11(20)17-6-14(10-24-17)18(21)19-8-12-5-13-3-4-15(22-2)7-16(13)23-9-12/h3-4,6-7,10,12H,5,8-9H2,1-2H3,(H,19,21)/t12-/m0/s1. The van der Waals surface area contributed by atoms with Gasteiger partial charge in [0.1, 0.15) is 11.5 Å². The van der Waals surface area contributed by atoms with Crippen LogP contribution in [0.1, 0.15) is 32.5 Å². The van der Waals surface area contributed by atoms with E-state index in [0.29, 0.717) is 23.6 Å². The highest BCUT2D eigenvalue weighted by atomic mass is 32.1. The predicted molar refractivity (Wildman–Crippen MR) is 92.3 cm³/mol. The van der Waals surface area contributed by atoms with Crippen LogP contribution in [0.5, 0.6) is 11.5 Å². The van der Waals surface area contributed by atoms with Crippen LogP contribution in [0.15, 0.2) is 29.6 Å². The molecule has 24 heavy (non-hydrogen) atoms. The van der Waals surface area contributed by atoms with Gasteiger partial charge in [0.2, 0.25) is 0 Å².